The summed E-state index contributed by atoms with van der Waals surface area (Å²) >= 11 is 0. The smallest absolute Gasteiger partial charge is 0.204 e. The van der Waals surface area contributed by atoms with Gasteiger partial charge in [0.25, 0.3) is 0 Å². The Labute approximate surface area is 183 Å². The number of benzene rings is 1. The number of imidazole rings is 1. The average Bonchev–Trinajstić information content (AvgIpc) is 3.12. The highest BCUT2D eigenvalue weighted by Crippen LogP contribution is 2.23. The van der Waals surface area contributed by atoms with Crippen LogP contribution in [-0.4, -0.2) is 68.9 Å². The van der Waals surface area contributed by atoms with Crippen molar-refractivity contribution in [3.63, 3.8) is 0 Å². The minimum atomic E-state index is 0.00680. The van der Waals surface area contributed by atoms with Gasteiger partial charge in [0.15, 0.2) is 0 Å². The highest BCUT2D eigenvalue weighted by molar-refractivity contribution is 5.79. The van der Waals surface area contributed by atoms with Gasteiger partial charge in [0.2, 0.25) is 5.95 Å². The normalized spacial score (nSPS) is 15.0. The second-order valence-electron chi connectivity index (χ2n) is 8.16. The molecule has 0 radical (unpaired) electrons. The maximum Gasteiger partial charge on any atom is 0.204 e. The lowest BCUT2D eigenvalue weighted by molar-refractivity contribution is 0.0378. The van der Waals surface area contributed by atoms with Gasteiger partial charge in [-0.25, -0.2) is 4.98 Å². The molecule has 2 N–H and O–H groups in total. The molecular weight excluding hydrogens is 392 g/mol. The Morgan fingerprint density at radius 1 is 1.03 bits per heavy atom. The number of aliphatic hydroxyl groups is 1. The molecule has 1 aliphatic heterocycles. The molecular formula is C23H32N6O2. The molecule has 0 bridgehead atoms. The summed E-state index contributed by atoms with van der Waals surface area (Å²) in [7, 11) is 0. The van der Waals surface area contributed by atoms with Crippen molar-refractivity contribution < 1.29 is 9.84 Å². The van der Waals surface area contributed by atoms with E-state index in [4.69, 9.17) is 14.7 Å². The van der Waals surface area contributed by atoms with E-state index in [1.54, 1.807) is 0 Å². The highest BCUT2D eigenvalue weighted by atomic mass is 16.5. The summed E-state index contributed by atoms with van der Waals surface area (Å²) in [4.78, 5) is 16.7. The van der Waals surface area contributed by atoms with Gasteiger partial charge in [-0.2, -0.15) is 0 Å². The Balaban J connectivity index is 1.55. The van der Waals surface area contributed by atoms with Crippen molar-refractivity contribution in [2.45, 2.75) is 40.3 Å². The van der Waals surface area contributed by atoms with E-state index < -0.39 is 0 Å². The van der Waals surface area contributed by atoms with E-state index in [0.717, 1.165) is 91.1 Å². The average molecular weight is 425 g/mol. The van der Waals surface area contributed by atoms with Crippen LogP contribution in [0.2, 0.25) is 0 Å². The highest BCUT2D eigenvalue weighted by Gasteiger charge is 2.15. The van der Waals surface area contributed by atoms with Crippen LogP contribution in [0.15, 0.2) is 18.2 Å². The van der Waals surface area contributed by atoms with Crippen molar-refractivity contribution in [3.8, 4) is 0 Å². The Kier molecular flexibility index (Phi) is 6.80. The first-order valence-corrected chi connectivity index (χ1v) is 11.0. The van der Waals surface area contributed by atoms with Crippen molar-refractivity contribution >= 4 is 17.0 Å². The van der Waals surface area contributed by atoms with Crippen LogP contribution in [0.4, 0.5) is 5.95 Å². The lowest BCUT2D eigenvalue weighted by atomic mass is 10.2. The predicted molar refractivity (Wildman–Crippen MR) is 121 cm³/mol. The third-order valence-electron chi connectivity index (χ3n) is 5.92. The summed E-state index contributed by atoms with van der Waals surface area (Å²) in [5.41, 5.74) is 6.56. The van der Waals surface area contributed by atoms with E-state index in [-0.39, 0.29) is 6.61 Å². The molecule has 8 nitrogen and oxygen atoms in total. The van der Waals surface area contributed by atoms with Gasteiger partial charge in [0.05, 0.1) is 60.2 Å². The molecule has 8 heteroatoms. The van der Waals surface area contributed by atoms with Crippen LogP contribution >= 0.6 is 0 Å². The van der Waals surface area contributed by atoms with Crippen LogP contribution in [0, 0.1) is 20.8 Å². The van der Waals surface area contributed by atoms with Crippen LogP contribution in [0.1, 0.15) is 34.8 Å². The van der Waals surface area contributed by atoms with Crippen molar-refractivity contribution in [1.29, 1.82) is 0 Å². The van der Waals surface area contributed by atoms with Crippen molar-refractivity contribution in [2.24, 2.45) is 0 Å². The van der Waals surface area contributed by atoms with E-state index in [1.165, 1.54) is 0 Å². The molecule has 1 fully saturated rings. The fourth-order valence-corrected chi connectivity index (χ4v) is 3.96. The number of fused-ring (bicyclic) bond motifs is 1. The van der Waals surface area contributed by atoms with Crippen molar-refractivity contribution in [2.75, 3.05) is 44.7 Å². The maximum atomic E-state index is 9.52. The Morgan fingerprint density at radius 2 is 1.81 bits per heavy atom. The van der Waals surface area contributed by atoms with Crippen molar-refractivity contribution in [1.82, 2.24) is 24.4 Å². The number of hydrogen-bond donors (Lipinski definition) is 2. The van der Waals surface area contributed by atoms with E-state index in [1.807, 2.05) is 39.0 Å². The molecule has 4 rings (SSSR count). The second kappa shape index (κ2) is 9.72. The van der Waals surface area contributed by atoms with E-state index in [0.29, 0.717) is 6.54 Å². The number of anilines is 1. The number of ether oxygens (including phenoxy) is 1. The number of rotatable bonds is 8. The van der Waals surface area contributed by atoms with Crippen LogP contribution in [0.3, 0.4) is 0 Å². The molecule has 1 aliphatic rings. The minimum Gasteiger partial charge on any atom is -0.392 e. The lowest BCUT2D eigenvalue weighted by Crippen LogP contribution is -2.37. The number of nitrogens with zero attached hydrogens (tertiary/aromatic N) is 5. The molecule has 3 heterocycles. The monoisotopic (exact) mass is 424 g/mol. The zero-order chi connectivity index (χ0) is 21.8. The summed E-state index contributed by atoms with van der Waals surface area (Å²) < 4.78 is 7.59. The zero-order valence-electron chi connectivity index (χ0n) is 18.7. The third kappa shape index (κ3) is 5.03. The Morgan fingerprint density at radius 3 is 2.58 bits per heavy atom. The predicted octanol–water partition coefficient (Wildman–Crippen LogP) is 2.43. The number of morpholine rings is 1. The summed E-state index contributed by atoms with van der Waals surface area (Å²) in [6, 6.07) is 5.92. The molecule has 1 aromatic carbocycles. The second-order valence-corrected chi connectivity index (χ2v) is 8.16. The molecule has 2 aromatic heterocycles. The molecule has 0 aliphatic carbocycles. The summed E-state index contributed by atoms with van der Waals surface area (Å²) in [6.07, 6.45) is 1.04. The van der Waals surface area contributed by atoms with Gasteiger partial charge in [-0.05, 0) is 51.4 Å². The van der Waals surface area contributed by atoms with Gasteiger partial charge in [0, 0.05) is 19.6 Å². The molecule has 0 unspecified atom stereocenters. The van der Waals surface area contributed by atoms with Gasteiger partial charge in [-0.1, -0.05) is 6.07 Å². The van der Waals surface area contributed by atoms with Crippen LogP contribution in [0.25, 0.3) is 11.0 Å². The number of aromatic nitrogens is 4. The molecule has 1 saturated heterocycles. The minimum absolute atomic E-state index is 0.00680. The van der Waals surface area contributed by atoms with E-state index in [9.17, 15) is 5.11 Å². The summed E-state index contributed by atoms with van der Waals surface area (Å²) in [6.45, 7) is 12.2. The first-order valence-electron chi connectivity index (χ1n) is 11.0. The molecule has 31 heavy (non-hydrogen) atoms. The lowest BCUT2D eigenvalue weighted by Gasteiger charge is -2.26. The zero-order valence-corrected chi connectivity index (χ0v) is 18.7. The van der Waals surface area contributed by atoms with Gasteiger partial charge < -0.3 is 19.7 Å². The van der Waals surface area contributed by atoms with E-state index in [2.05, 4.69) is 19.8 Å². The third-order valence-corrected chi connectivity index (χ3v) is 5.92. The largest absolute Gasteiger partial charge is 0.392 e. The quantitative estimate of drug-likeness (QED) is 0.537. The van der Waals surface area contributed by atoms with E-state index >= 15 is 0 Å². The van der Waals surface area contributed by atoms with Crippen LogP contribution < -0.4 is 5.32 Å². The molecule has 0 spiro atoms. The molecule has 0 atom stereocenters. The maximum absolute atomic E-state index is 9.52. The molecule has 166 valence electrons. The number of aryl methyl sites for hydroxylation is 3. The van der Waals surface area contributed by atoms with Crippen LogP contribution in [0.5, 0.6) is 0 Å². The Hall–Kier alpha value is -2.55. The standard InChI is InChI=1S/C23H32N6O2/c1-16-17(2)26-21(18(3)25-16)14-29-22-6-5-19(15-30)13-20(22)27-23(29)24-7-4-8-28-9-11-31-12-10-28/h5-6,13,30H,4,7-12,14-15H2,1-3H3,(H,24,27). The number of nitrogens with one attached hydrogen (secondary N) is 1. The molecule has 0 saturated carbocycles. The summed E-state index contributed by atoms with van der Waals surface area (Å²) in [5.74, 6) is 0.825. The Bertz CT molecular complexity index is 1040. The van der Waals surface area contributed by atoms with Crippen molar-refractivity contribution in [3.05, 3.63) is 46.5 Å². The number of aliphatic hydroxyl groups excluding tert-OH is 1. The topological polar surface area (TPSA) is 88.3 Å². The fraction of sp³-hybridized carbons (Fsp3) is 0.522. The summed E-state index contributed by atoms with van der Waals surface area (Å²) in [5, 5.41) is 13.0. The van der Waals surface area contributed by atoms with Crippen LogP contribution in [-0.2, 0) is 17.9 Å². The number of hydrogen-bond acceptors (Lipinski definition) is 7. The van der Waals surface area contributed by atoms with Gasteiger partial charge in [0.1, 0.15) is 0 Å². The first kappa shape index (κ1) is 21.7. The first-order chi connectivity index (χ1) is 15.0. The van der Waals surface area contributed by atoms with Gasteiger partial charge >= 0.3 is 0 Å². The fourth-order valence-electron chi connectivity index (χ4n) is 3.96. The SMILES string of the molecule is Cc1nc(C)c(Cn2c(NCCCN3CCOCC3)nc3cc(CO)ccc32)nc1C. The molecule has 0 amide bonds. The van der Waals surface area contributed by atoms with Gasteiger partial charge in [-0.15, -0.1) is 0 Å². The molecule has 3 aromatic rings. The van der Waals surface area contributed by atoms with Gasteiger partial charge in [-0.3, -0.25) is 14.9 Å².